The number of likely N-dealkylation sites (N-methyl/N-ethyl adjacent to an activating group) is 2. The number of hydrogen-bond donors (Lipinski definition) is 0. The Balaban J connectivity index is 0.773. The van der Waals surface area contributed by atoms with Crippen molar-refractivity contribution >= 4 is 40.7 Å². The van der Waals surface area contributed by atoms with Crippen molar-refractivity contribution in [2.24, 2.45) is 10.2 Å². The Kier molecular flexibility index (Phi) is 13.3. The minimum absolute atomic E-state index is 0.233. The average molecular weight is 860 g/mol. The molecule has 0 unspecified atom stereocenters. The van der Waals surface area contributed by atoms with E-state index in [-0.39, 0.29) is 5.91 Å². The van der Waals surface area contributed by atoms with E-state index in [9.17, 15) is 9.59 Å². The molecule has 1 amide bonds. The molecule has 0 spiro atoms. The third-order valence-electron chi connectivity index (χ3n) is 12.5. The minimum Gasteiger partial charge on any atom is -0.497 e. The lowest BCUT2D eigenvalue weighted by Gasteiger charge is -2.53. The molecule has 15 heteroatoms. The maximum Gasteiger partial charge on any atom is 0.303 e. The Morgan fingerprint density at radius 2 is 1.52 bits per heavy atom. The summed E-state index contributed by atoms with van der Waals surface area (Å²) in [5.41, 5.74) is 5.19. The van der Waals surface area contributed by atoms with Crippen molar-refractivity contribution in [3.05, 3.63) is 115 Å². The number of ether oxygens (including phenoxy) is 3. The summed E-state index contributed by atoms with van der Waals surface area (Å²) in [6.07, 6.45) is 2.88. The predicted octanol–water partition coefficient (Wildman–Crippen LogP) is 7.38. The first kappa shape index (κ1) is 43.1. The first-order valence-corrected chi connectivity index (χ1v) is 22.4. The monoisotopic (exact) mass is 859 g/mol. The quantitative estimate of drug-likeness (QED) is 0.0408. The fourth-order valence-electron chi connectivity index (χ4n) is 8.50. The molecule has 3 fully saturated rings. The van der Waals surface area contributed by atoms with Crippen molar-refractivity contribution in [2.45, 2.75) is 42.6 Å². The number of methoxy groups -OCH3 is 1. The SMILES string of the molecule is COc1ccc([C@@H]2Sc3ccccc3N(CCN(C)CCCCOc3ccc(N=Nc4ccc(-n5cc(C[N+]67CC[N+](C)(CC6)CC7)nn5)cc4)cc3)C(=O)[C@@H]2OC(C)=O)cc1. The Morgan fingerprint density at radius 1 is 0.855 bits per heavy atom. The number of amides is 1. The molecular formula is C47H57N9O5S+2. The van der Waals surface area contributed by atoms with Gasteiger partial charge in [0.1, 0.15) is 63.0 Å². The number of fused-ring (bicyclic) bond motifs is 4. The molecule has 14 nitrogen and oxygen atoms in total. The second-order valence-corrected chi connectivity index (χ2v) is 18.2. The lowest BCUT2D eigenvalue weighted by molar-refractivity contribution is -1.08. The number of rotatable bonds is 17. The van der Waals surface area contributed by atoms with Crippen LogP contribution in [-0.2, 0) is 20.9 Å². The van der Waals surface area contributed by atoms with E-state index in [4.69, 9.17) is 14.2 Å². The molecule has 2 atom stereocenters. The summed E-state index contributed by atoms with van der Waals surface area (Å²) in [5.74, 6) is 0.772. The molecule has 5 heterocycles. The summed E-state index contributed by atoms with van der Waals surface area (Å²) in [6.45, 7) is 12.2. The average Bonchev–Trinajstić information content (AvgIpc) is 3.72. The number of aromatic nitrogens is 3. The Bertz CT molecular complexity index is 2310. The van der Waals surface area contributed by atoms with Gasteiger partial charge in [0.05, 0.1) is 55.0 Å². The van der Waals surface area contributed by atoms with Crippen LogP contribution in [-0.4, -0.2) is 134 Å². The number of unbranched alkanes of at least 4 members (excludes halogenated alkanes) is 1. The van der Waals surface area contributed by atoms with Crippen molar-refractivity contribution < 1.29 is 32.8 Å². The molecular weight excluding hydrogens is 803 g/mol. The number of para-hydroxylation sites is 1. The predicted molar refractivity (Wildman–Crippen MR) is 239 cm³/mol. The van der Waals surface area contributed by atoms with Crippen LogP contribution in [0.2, 0.25) is 0 Å². The van der Waals surface area contributed by atoms with Crippen molar-refractivity contribution in [2.75, 3.05) is 91.6 Å². The standard InChI is InChI=1S/C47H57N9O5S/c1-35(57)61-45-46(36-11-19-41(59-4)20-12-36)62-44-10-6-5-9-43(44)53(47(45)58)25-24-52(2)23-7-8-32-60-42-21-15-38(16-22-42)49-48-37-13-17-40(18-14-37)54-33-39(50-51-54)34-56-29-26-55(3,27-30-56)28-31-56/h5-6,9-22,33,45-46H,7-8,23-32,34H2,1-4H3/q+2/t45-,46+,55?,56?/m1/s1. The van der Waals surface area contributed by atoms with Crippen molar-refractivity contribution in [1.29, 1.82) is 0 Å². The third-order valence-corrected chi connectivity index (χ3v) is 13.8. The summed E-state index contributed by atoms with van der Waals surface area (Å²) < 4.78 is 21.3. The number of thioether (sulfide) groups is 1. The second-order valence-electron chi connectivity index (χ2n) is 17.0. The van der Waals surface area contributed by atoms with Gasteiger partial charge < -0.3 is 33.0 Å². The molecule has 324 valence electrons. The van der Waals surface area contributed by atoms with Crippen LogP contribution >= 0.6 is 11.8 Å². The highest BCUT2D eigenvalue weighted by atomic mass is 32.2. The largest absolute Gasteiger partial charge is 0.497 e. The number of piperazine rings is 3. The van der Waals surface area contributed by atoms with Crippen molar-refractivity contribution in [3.8, 4) is 17.2 Å². The molecule has 4 aliphatic rings. The van der Waals surface area contributed by atoms with E-state index in [1.165, 1.54) is 62.4 Å². The van der Waals surface area contributed by atoms with Crippen LogP contribution in [0.5, 0.6) is 11.5 Å². The highest BCUT2D eigenvalue weighted by molar-refractivity contribution is 7.99. The molecule has 0 aliphatic carbocycles. The molecule has 2 bridgehead atoms. The number of quaternary nitrogens is 2. The van der Waals surface area contributed by atoms with E-state index < -0.39 is 17.3 Å². The first-order valence-electron chi connectivity index (χ1n) is 21.5. The van der Waals surface area contributed by atoms with Gasteiger partial charge in [0.15, 0.2) is 6.10 Å². The van der Waals surface area contributed by atoms with E-state index in [1.54, 1.807) is 12.0 Å². The fraction of sp³-hybridized carbons (Fsp3) is 0.404. The van der Waals surface area contributed by atoms with Crippen LogP contribution in [0.1, 0.15) is 36.3 Å². The van der Waals surface area contributed by atoms with Crippen LogP contribution in [0.4, 0.5) is 17.1 Å². The summed E-state index contributed by atoms with van der Waals surface area (Å²) in [4.78, 5) is 31.4. The maximum atomic E-state index is 14.2. The van der Waals surface area contributed by atoms with E-state index in [0.717, 1.165) is 75.1 Å². The topological polar surface area (TPSA) is 124 Å². The van der Waals surface area contributed by atoms with Gasteiger partial charge in [-0.3, -0.25) is 9.59 Å². The molecule has 62 heavy (non-hydrogen) atoms. The van der Waals surface area contributed by atoms with E-state index in [2.05, 4.69) is 45.7 Å². The first-order chi connectivity index (χ1) is 30.1. The summed E-state index contributed by atoms with van der Waals surface area (Å²) in [5, 5.41) is 17.4. The van der Waals surface area contributed by atoms with Gasteiger partial charge >= 0.3 is 5.97 Å². The van der Waals surface area contributed by atoms with Gasteiger partial charge in [-0.25, -0.2) is 4.68 Å². The molecule has 0 N–H and O–H groups in total. The Labute approximate surface area is 368 Å². The van der Waals surface area contributed by atoms with Crippen LogP contribution in [0.15, 0.2) is 118 Å². The number of esters is 1. The fourth-order valence-corrected chi connectivity index (χ4v) is 9.82. The third kappa shape index (κ3) is 10.4. The van der Waals surface area contributed by atoms with Gasteiger partial charge in [-0.15, -0.1) is 16.9 Å². The molecule has 3 saturated heterocycles. The van der Waals surface area contributed by atoms with Crippen molar-refractivity contribution in [1.82, 2.24) is 19.9 Å². The highest BCUT2D eigenvalue weighted by Crippen LogP contribution is 2.47. The number of carbonyl (C=O) groups excluding carboxylic acids is 2. The number of hydrogen-bond acceptors (Lipinski definition) is 11. The molecule has 4 aliphatic heterocycles. The minimum atomic E-state index is -0.982. The summed E-state index contributed by atoms with van der Waals surface area (Å²) in [6, 6.07) is 31.0. The smallest absolute Gasteiger partial charge is 0.303 e. The number of azo groups is 1. The van der Waals surface area contributed by atoms with Crippen LogP contribution < -0.4 is 14.4 Å². The lowest BCUT2D eigenvalue weighted by Crippen LogP contribution is -2.73. The zero-order valence-corrected chi connectivity index (χ0v) is 37.0. The molecule has 4 aromatic carbocycles. The van der Waals surface area contributed by atoms with Gasteiger partial charge in [0.2, 0.25) is 0 Å². The number of benzene rings is 4. The van der Waals surface area contributed by atoms with Gasteiger partial charge in [-0.2, -0.15) is 10.2 Å². The zero-order valence-electron chi connectivity index (χ0n) is 36.1. The van der Waals surface area contributed by atoms with Crippen LogP contribution in [0, 0.1) is 0 Å². The van der Waals surface area contributed by atoms with Gasteiger partial charge in [-0.1, -0.05) is 29.5 Å². The summed E-state index contributed by atoms with van der Waals surface area (Å²) in [7, 11) is 6.06. The Morgan fingerprint density at radius 3 is 2.19 bits per heavy atom. The second kappa shape index (κ2) is 19.2. The summed E-state index contributed by atoms with van der Waals surface area (Å²) >= 11 is 1.54. The Hall–Kier alpha value is -5.61. The molecule has 5 aromatic rings. The molecule has 0 saturated carbocycles. The van der Waals surface area contributed by atoms with Gasteiger partial charge in [0, 0.05) is 24.9 Å². The van der Waals surface area contributed by atoms with Crippen LogP contribution in [0.25, 0.3) is 5.69 Å². The van der Waals surface area contributed by atoms with Crippen LogP contribution in [0.3, 0.4) is 0 Å². The van der Waals surface area contributed by atoms with Gasteiger partial charge in [-0.05, 0) is 105 Å². The maximum absolute atomic E-state index is 14.2. The highest BCUT2D eigenvalue weighted by Gasteiger charge is 2.47. The normalized spacial score (nSPS) is 22.1. The molecule has 1 aromatic heterocycles. The van der Waals surface area contributed by atoms with E-state index in [1.807, 2.05) is 102 Å². The molecule has 9 rings (SSSR count). The lowest BCUT2D eigenvalue weighted by atomic mass is 10.1. The number of anilines is 1. The van der Waals surface area contributed by atoms with E-state index >= 15 is 0 Å². The number of carbonyl (C=O) groups is 2. The zero-order chi connectivity index (χ0) is 43.1. The van der Waals surface area contributed by atoms with E-state index in [0.29, 0.717) is 25.4 Å². The molecule has 0 radical (unpaired) electrons. The number of nitrogens with zero attached hydrogens (tertiary/aromatic N) is 9. The van der Waals surface area contributed by atoms with Gasteiger partial charge in [0.25, 0.3) is 5.91 Å². The van der Waals surface area contributed by atoms with Crippen molar-refractivity contribution in [3.63, 3.8) is 0 Å².